The first-order valence-electron chi connectivity index (χ1n) is 5.57. The van der Waals surface area contributed by atoms with Crippen LogP contribution >= 0.6 is 0 Å². The fourth-order valence-electron chi connectivity index (χ4n) is 1.14. The van der Waals surface area contributed by atoms with Gasteiger partial charge in [0.05, 0.1) is 25.1 Å². The topological polar surface area (TPSA) is 93.2 Å². The number of rotatable bonds is 7. The van der Waals surface area contributed by atoms with Crippen molar-refractivity contribution >= 4 is 16.0 Å². The van der Waals surface area contributed by atoms with E-state index in [0.717, 1.165) is 0 Å². The maximum absolute atomic E-state index is 11.8. The molecule has 0 fully saturated rings. The third-order valence-electron chi connectivity index (χ3n) is 2.01. The summed E-state index contributed by atoms with van der Waals surface area (Å²) in [6.07, 6.45) is 2.59. The van der Waals surface area contributed by atoms with Crippen molar-refractivity contribution in [2.45, 2.75) is 24.8 Å². The van der Waals surface area contributed by atoms with Gasteiger partial charge >= 0.3 is 0 Å². The summed E-state index contributed by atoms with van der Waals surface area (Å²) in [5.41, 5.74) is 0. The first-order valence-corrected chi connectivity index (χ1v) is 7.05. The largest absolute Gasteiger partial charge is 0.377 e. The maximum Gasteiger partial charge on any atom is 0.243 e. The molecule has 18 heavy (non-hydrogen) atoms. The zero-order valence-electron chi connectivity index (χ0n) is 10.7. The van der Waals surface area contributed by atoms with E-state index in [0.29, 0.717) is 12.6 Å². The predicted octanol–water partition coefficient (Wildman–Crippen LogP) is 0.222. The molecule has 2 N–H and O–H groups in total. The van der Waals surface area contributed by atoms with E-state index in [1.807, 2.05) is 13.8 Å². The molecule has 0 saturated carbocycles. The van der Waals surface area contributed by atoms with Crippen LogP contribution in [-0.2, 0) is 14.8 Å². The molecule has 0 unspecified atom stereocenters. The van der Waals surface area contributed by atoms with Gasteiger partial charge in [0.2, 0.25) is 16.0 Å². The van der Waals surface area contributed by atoms with Crippen LogP contribution in [0.4, 0.5) is 5.95 Å². The standard InChI is InChI=1S/C10H18N4O3S/c1-8(2)17-5-4-14-18(15,16)9-6-12-10(11-3)13-7-9/h6-8,14H,4-5H2,1-3H3,(H,11,12,13). The summed E-state index contributed by atoms with van der Waals surface area (Å²) in [5, 5.41) is 2.71. The third-order valence-corrected chi connectivity index (χ3v) is 3.42. The van der Waals surface area contributed by atoms with Gasteiger partial charge in [-0.15, -0.1) is 0 Å². The number of hydrogen-bond acceptors (Lipinski definition) is 6. The van der Waals surface area contributed by atoms with Crippen molar-refractivity contribution in [3.8, 4) is 0 Å². The van der Waals surface area contributed by atoms with Crippen LogP contribution in [0, 0.1) is 0 Å². The highest BCUT2D eigenvalue weighted by atomic mass is 32.2. The molecule has 0 aliphatic heterocycles. The molecule has 0 aliphatic carbocycles. The van der Waals surface area contributed by atoms with Gasteiger partial charge in [0.1, 0.15) is 4.90 Å². The predicted molar refractivity (Wildman–Crippen MR) is 67.9 cm³/mol. The molecule has 1 heterocycles. The molecule has 7 nitrogen and oxygen atoms in total. The van der Waals surface area contributed by atoms with Gasteiger partial charge in [-0.2, -0.15) is 0 Å². The van der Waals surface area contributed by atoms with Gasteiger partial charge in [0, 0.05) is 13.6 Å². The summed E-state index contributed by atoms with van der Waals surface area (Å²) in [6, 6.07) is 0. The van der Waals surface area contributed by atoms with Crippen molar-refractivity contribution in [1.29, 1.82) is 0 Å². The molecule has 0 radical (unpaired) electrons. The van der Waals surface area contributed by atoms with Crippen LogP contribution in [0.2, 0.25) is 0 Å². The quantitative estimate of drug-likeness (QED) is 0.691. The van der Waals surface area contributed by atoms with Gasteiger partial charge in [0.25, 0.3) is 0 Å². The van der Waals surface area contributed by atoms with Crippen LogP contribution in [0.15, 0.2) is 17.3 Å². The Morgan fingerprint density at radius 3 is 2.44 bits per heavy atom. The van der Waals surface area contributed by atoms with E-state index in [1.54, 1.807) is 7.05 Å². The normalized spacial score (nSPS) is 11.8. The minimum Gasteiger partial charge on any atom is -0.377 e. The third kappa shape index (κ3) is 4.55. The molecule has 102 valence electrons. The van der Waals surface area contributed by atoms with Crippen LogP contribution in [0.1, 0.15) is 13.8 Å². The van der Waals surface area contributed by atoms with E-state index in [-0.39, 0.29) is 17.5 Å². The van der Waals surface area contributed by atoms with Crippen molar-refractivity contribution in [3.05, 3.63) is 12.4 Å². The Morgan fingerprint density at radius 1 is 1.33 bits per heavy atom. The van der Waals surface area contributed by atoms with Crippen LogP contribution < -0.4 is 10.0 Å². The average molecular weight is 274 g/mol. The van der Waals surface area contributed by atoms with Gasteiger partial charge in [-0.1, -0.05) is 0 Å². The highest BCUT2D eigenvalue weighted by Gasteiger charge is 2.14. The van der Waals surface area contributed by atoms with Gasteiger partial charge in [0.15, 0.2) is 0 Å². The molecule has 0 saturated heterocycles. The van der Waals surface area contributed by atoms with Crippen molar-refractivity contribution in [2.24, 2.45) is 0 Å². The fraction of sp³-hybridized carbons (Fsp3) is 0.600. The van der Waals surface area contributed by atoms with Crippen LogP contribution in [0.5, 0.6) is 0 Å². The molecule has 1 aromatic heterocycles. The molecule has 8 heteroatoms. The number of nitrogens with zero attached hydrogens (tertiary/aromatic N) is 2. The number of sulfonamides is 1. The summed E-state index contributed by atoms with van der Waals surface area (Å²) in [7, 11) is -1.91. The highest BCUT2D eigenvalue weighted by Crippen LogP contribution is 2.06. The Bertz CT molecular complexity index is 459. The molecular weight excluding hydrogens is 256 g/mol. The smallest absolute Gasteiger partial charge is 0.243 e. The van der Waals surface area contributed by atoms with Gasteiger partial charge in [-0.05, 0) is 13.8 Å². The molecule has 0 bridgehead atoms. The second kappa shape index (κ2) is 6.62. The van der Waals surface area contributed by atoms with Crippen LogP contribution in [0.25, 0.3) is 0 Å². The van der Waals surface area contributed by atoms with E-state index in [2.05, 4.69) is 20.0 Å². The van der Waals surface area contributed by atoms with E-state index < -0.39 is 10.0 Å². The molecule has 0 aromatic carbocycles. The number of anilines is 1. The van der Waals surface area contributed by atoms with Crippen LogP contribution in [0.3, 0.4) is 0 Å². The Kier molecular flexibility index (Phi) is 5.45. The Balaban J connectivity index is 2.57. The average Bonchev–Trinajstić information content (AvgIpc) is 2.34. The molecule has 0 amide bonds. The molecule has 0 aliphatic rings. The summed E-state index contributed by atoms with van der Waals surface area (Å²) in [4.78, 5) is 7.73. The SMILES string of the molecule is CNc1ncc(S(=O)(=O)NCCOC(C)C)cn1. The van der Waals surface area contributed by atoms with Crippen molar-refractivity contribution < 1.29 is 13.2 Å². The zero-order valence-corrected chi connectivity index (χ0v) is 11.5. The first-order chi connectivity index (χ1) is 8.45. The zero-order chi connectivity index (χ0) is 13.6. The van der Waals surface area contributed by atoms with Crippen molar-refractivity contribution in [3.63, 3.8) is 0 Å². The van der Waals surface area contributed by atoms with E-state index in [9.17, 15) is 8.42 Å². The lowest BCUT2D eigenvalue weighted by Gasteiger charge is -2.09. The van der Waals surface area contributed by atoms with E-state index in [4.69, 9.17) is 4.74 Å². The Morgan fingerprint density at radius 2 is 1.94 bits per heavy atom. The minimum atomic E-state index is -3.57. The summed E-state index contributed by atoms with van der Waals surface area (Å²) < 4.78 is 31.3. The molecular formula is C10H18N4O3S. The van der Waals surface area contributed by atoms with Crippen molar-refractivity contribution in [2.75, 3.05) is 25.5 Å². The lowest BCUT2D eigenvalue weighted by atomic mass is 10.5. The Labute approximate surface area is 107 Å². The number of aromatic nitrogens is 2. The summed E-state index contributed by atoms with van der Waals surface area (Å²) in [5.74, 6) is 0.372. The summed E-state index contributed by atoms with van der Waals surface area (Å²) in [6.45, 7) is 4.32. The minimum absolute atomic E-state index is 0.0334. The lowest BCUT2D eigenvalue weighted by Crippen LogP contribution is -2.28. The van der Waals surface area contributed by atoms with Crippen molar-refractivity contribution in [1.82, 2.24) is 14.7 Å². The second-order valence-electron chi connectivity index (χ2n) is 3.81. The molecule has 0 spiro atoms. The highest BCUT2D eigenvalue weighted by molar-refractivity contribution is 7.89. The summed E-state index contributed by atoms with van der Waals surface area (Å²) >= 11 is 0. The number of nitrogens with one attached hydrogen (secondary N) is 2. The second-order valence-corrected chi connectivity index (χ2v) is 5.58. The molecule has 0 atom stereocenters. The maximum atomic E-state index is 11.8. The van der Waals surface area contributed by atoms with Gasteiger partial charge < -0.3 is 10.1 Å². The molecule has 1 aromatic rings. The Hall–Kier alpha value is -1.25. The number of ether oxygens (including phenoxy) is 1. The molecule has 1 rings (SSSR count). The van der Waals surface area contributed by atoms with E-state index >= 15 is 0 Å². The van der Waals surface area contributed by atoms with E-state index in [1.165, 1.54) is 12.4 Å². The van der Waals surface area contributed by atoms with Crippen LogP contribution in [-0.4, -0.2) is 44.7 Å². The fourth-order valence-corrected chi connectivity index (χ4v) is 2.04. The van der Waals surface area contributed by atoms with Gasteiger partial charge in [-0.3, -0.25) is 0 Å². The number of hydrogen-bond donors (Lipinski definition) is 2. The first kappa shape index (κ1) is 14.8. The monoisotopic (exact) mass is 274 g/mol. The lowest BCUT2D eigenvalue weighted by molar-refractivity contribution is 0.0834. The van der Waals surface area contributed by atoms with Gasteiger partial charge in [-0.25, -0.2) is 23.1 Å².